The molecule has 0 heterocycles. The molecular weight excluding hydrogens is 319 g/mol. The van der Waals surface area contributed by atoms with Crippen molar-refractivity contribution in [3.05, 3.63) is 62.1 Å². The SMILES string of the molecule is Nc1ccc(SCc2cc(Cl)ccc2[N+](=O)[O-])cc1Cl. The lowest BCUT2D eigenvalue weighted by atomic mass is 10.2. The number of nitrogens with two attached hydrogens (primary N) is 1. The van der Waals surface area contributed by atoms with Crippen molar-refractivity contribution in [2.24, 2.45) is 0 Å². The highest BCUT2D eigenvalue weighted by Gasteiger charge is 2.14. The topological polar surface area (TPSA) is 69.2 Å². The van der Waals surface area contributed by atoms with Gasteiger partial charge in [0.25, 0.3) is 5.69 Å². The minimum Gasteiger partial charge on any atom is -0.398 e. The van der Waals surface area contributed by atoms with Gasteiger partial charge in [-0.25, -0.2) is 0 Å². The number of hydrogen-bond acceptors (Lipinski definition) is 4. The summed E-state index contributed by atoms with van der Waals surface area (Å²) in [5.74, 6) is 0.428. The van der Waals surface area contributed by atoms with Gasteiger partial charge in [-0.2, -0.15) is 0 Å². The Bertz CT molecular complexity index is 665. The van der Waals surface area contributed by atoms with Gasteiger partial charge < -0.3 is 5.73 Å². The lowest BCUT2D eigenvalue weighted by molar-refractivity contribution is -0.385. The van der Waals surface area contributed by atoms with Gasteiger partial charge in [0.2, 0.25) is 0 Å². The van der Waals surface area contributed by atoms with E-state index >= 15 is 0 Å². The average Bonchev–Trinajstić information content (AvgIpc) is 2.40. The van der Waals surface area contributed by atoms with Crippen LogP contribution < -0.4 is 5.73 Å². The Morgan fingerprint density at radius 3 is 2.60 bits per heavy atom. The van der Waals surface area contributed by atoms with Gasteiger partial charge >= 0.3 is 0 Å². The average molecular weight is 329 g/mol. The Morgan fingerprint density at radius 2 is 1.95 bits per heavy atom. The molecule has 2 N–H and O–H groups in total. The van der Waals surface area contributed by atoms with E-state index in [1.807, 2.05) is 6.07 Å². The van der Waals surface area contributed by atoms with Crippen LogP contribution in [0.2, 0.25) is 10.0 Å². The molecule has 4 nitrogen and oxygen atoms in total. The fraction of sp³-hybridized carbons (Fsp3) is 0.0769. The molecule has 20 heavy (non-hydrogen) atoms. The number of hydrogen-bond donors (Lipinski definition) is 1. The van der Waals surface area contributed by atoms with Gasteiger partial charge in [0.1, 0.15) is 0 Å². The highest BCUT2D eigenvalue weighted by Crippen LogP contribution is 2.32. The minimum atomic E-state index is -0.415. The lowest BCUT2D eigenvalue weighted by Gasteiger charge is -2.05. The monoisotopic (exact) mass is 328 g/mol. The first kappa shape index (κ1) is 15.0. The fourth-order valence-electron chi connectivity index (χ4n) is 1.61. The Hall–Kier alpha value is -1.43. The molecule has 0 amide bonds. The summed E-state index contributed by atoms with van der Waals surface area (Å²) in [5, 5.41) is 11.9. The van der Waals surface area contributed by atoms with Gasteiger partial charge in [-0.3, -0.25) is 10.1 Å². The quantitative estimate of drug-likeness (QED) is 0.379. The van der Waals surface area contributed by atoms with Crippen molar-refractivity contribution in [2.75, 3.05) is 5.73 Å². The highest BCUT2D eigenvalue weighted by atomic mass is 35.5. The second-order valence-corrected chi connectivity index (χ2v) is 5.89. The first-order valence-corrected chi connectivity index (χ1v) is 7.32. The molecule has 0 radical (unpaired) electrons. The molecule has 0 fully saturated rings. The van der Waals surface area contributed by atoms with Crippen LogP contribution in [-0.4, -0.2) is 4.92 Å². The maximum atomic E-state index is 11.0. The molecule has 7 heteroatoms. The second kappa shape index (κ2) is 6.35. The van der Waals surface area contributed by atoms with Gasteiger partial charge in [0.05, 0.1) is 15.6 Å². The van der Waals surface area contributed by atoms with E-state index in [0.29, 0.717) is 27.0 Å². The van der Waals surface area contributed by atoms with E-state index in [-0.39, 0.29) is 5.69 Å². The van der Waals surface area contributed by atoms with Crippen molar-refractivity contribution in [3.8, 4) is 0 Å². The molecule has 0 saturated heterocycles. The van der Waals surface area contributed by atoms with Crippen molar-refractivity contribution >= 4 is 46.3 Å². The molecule has 0 aliphatic heterocycles. The van der Waals surface area contributed by atoms with Gasteiger partial charge in [0, 0.05) is 27.3 Å². The number of anilines is 1. The summed E-state index contributed by atoms with van der Waals surface area (Å²) in [6.45, 7) is 0. The Kier molecular flexibility index (Phi) is 4.75. The number of halogens is 2. The van der Waals surface area contributed by atoms with Crippen molar-refractivity contribution in [3.63, 3.8) is 0 Å². The molecule has 2 rings (SSSR count). The summed E-state index contributed by atoms with van der Waals surface area (Å²) < 4.78 is 0. The predicted molar refractivity (Wildman–Crippen MR) is 83.5 cm³/mol. The largest absolute Gasteiger partial charge is 0.398 e. The standard InChI is InChI=1S/C13H10Cl2N2O2S/c14-9-1-4-13(17(18)19)8(5-9)7-20-10-2-3-12(16)11(15)6-10/h1-6H,7,16H2. The van der Waals surface area contributed by atoms with Crippen LogP contribution in [-0.2, 0) is 5.75 Å². The number of nitrogen functional groups attached to an aromatic ring is 1. The van der Waals surface area contributed by atoms with Gasteiger partial charge in [-0.15, -0.1) is 11.8 Å². The van der Waals surface area contributed by atoms with Crippen LogP contribution in [0.5, 0.6) is 0 Å². The molecule has 0 atom stereocenters. The highest BCUT2D eigenvalue weighted by molar-refractivity contribution is 7.98. The van der Waals surface area contributed by atoms with Crippen LogP contribution in [0.25, 0.3) is 0 Å². The maximum absolute atomic E-state index is 11.0. The van der Waals surface area contributed by atoms with E-state index < -0.39 is 4.92 Å². The summed E-state index contributed by atoms with van der Waals surface area (Å²) in [6.07, 6.45) is 0. The van der Waals surface area contributed by atoms with Crippen LogP contribution in [0.1, 0.15) is 5.56 Å². The normalized spacial score (nSPS) is 10.5. The summed E-state index contributed by atoms with van der Waals surface area (Å²) >= 11 is 13.2. The zero-order valence-corrected chi connectivity index (χ0v) is 12.5. The Labute approximate surface area is 130 Å². The molecule has 2 aromatic rings. The molecule has 0 aliphatic carbocycles. The van der Waals surface area contributed by atoms with E-state index in [1.54, 1.807) is 18.2 Å². The minimum absolute atomic E-state index is 0.0587. The third-order valence-corrected chi connectivity index (χ3v) is 4.21. The third-order valence-electron chi connectivity index (χ3n) is 2.60. The number of nitro groups is 1. The Morgan fingerprint density at radius 1 is 1.20 bits per heavy atom. The zero-order valence-electron chi connectivity index (χ0n) is 10.2. The Balaban J connectivity index is 2.20. The number of thioether (sulfide) groups is 1. The van der Waals surface area contributed by atoms with Crippen molar-refractivity contribution in [1.82, 2.24) is 0 Å². The third kappa shape index (κ3) is 3.56. The van der Waals surface area contributed by atoms with Gasteiger partial charge in [0.15, 0.2) is 0 Å². The molecule has 0 unspecified atom stereocenters. The number of benzene rings is 2. The van der Waals surface area contributed by atoms with Crippen LogP contribution in [0.15, 0.2) is 41.3 Å². The van der Waals surface area contributed by atoms with Crippen LogP contribution in [0.4, 0.5) is 11.4 Å². The molecule has 0 aliphatic rings. The van der Waals surface area contributed by atoms with Crippen LogP contribution in [0.3, 0.4) is 0 Å². The molecular formula is C13H10Cl2N2O2S. The van der Waals surface area contributed by atoms with E-state index in [1.165, 1.54) is 23.9 Å². The second-order valence-electron chi connectivity index (χ2n) is 4.00. The molecule has 2 aromatic carbocycles. The maximum Gasteiger partial charge on any atom is 0.273 e. The van der Waals surface area contributed by atoms with E-state index in [2.05, 4.69) is 0 Å². The number of nitro benzene ring substituents is 1. The summed E-state index contributed by atoms with van der Waals surface area (Å²) in [6, 6.07) is 9.78. The van der Waals surface area contributed by atoms with Crippen LogP contribution in [0, 0.1) is 10.1 Å². The smallest absolute Gasteiger partial charge is 0.273 e. The molecule has 0 bridgehead atoms. The summed E-state index contributed by atoms with van der Waals surface area (Å²) in [5.41, 5.74) is 6.76. The fourth-order valence-corrected chi connectivity index (χ4v) is 2.97. The van der Waals surface area contributed by atoms with E-state index in [9.17, 15) is 10.1 Å². The van der Waals surface area contributed by atoms with Crippen LogP contribution >= 0.6 is 35.0 Å². The van der Waals surface area contributed by atoms with Crippen molar-refractivity contribution < 1.29 is 4.92 Å². The van der Waals surface area contributed by atoms with Crippen molar-refractivity contribution in [2.45, 2.75) is 10.6 Å². The first-order chi connectivity index (χ1) is 9.47. The number of nitrogens with zero attached hydrogens (tertiary/aromatic N) is 1. The van der Waals surface area contributed by atoms with Gasteiger partial charge in [-0.1, -0.05) is 23.2 Å². The lowest BCUT2D eigenvalue weighted by Crippen LogP contribution is -1.94. The zero-order chi connectivity index (χ0) is 14.7. The van der Waals surface area contributed by atoms with E-state index in [4.69, 9.17) is 28.9 Å². The predicted octanol–water partition coefficient (Wildman–Crippen LogP) is 4.78. The molecule has 0 spiro atoms. The summed E-state index contributed by atoms with van der Waals surface area (Å²) in [4.78, 5) is 11.4. The molecule has 0 aromatic heterocycles. The first-order valence-electron chi connectivity index (χ1n) is 5.58. The molecule has 0 saturated carbocycles. The van der Waals surface area contributed by atoms with Gasteiger partial charge in [-0.05, 0) is 30.3 Å². The van der Waals surface area contributed by atoms with Crippen molar-refractivity contribution in [1.29, 1.82) is 0 Å². The van der Waals surface area contributed by atoms with E-state index in [0.717, 1.165) is 4.90 Å². The summed E-state index contributed by atoms with van der Waals surface area (Å²) in [7, 11) is 0. The number of rotatable bonds is 4. The molecule has 104 valence electrons.